The van der Waals surface area contributed by atoms with Crippen LogP contribution >= 0.6 is 0 Å². The summed E-state index contributed by atoms with van der Waals surface area (Å²) in [6.07, 6.45) is 0. The molecule has 0 aliphatic carbocycles. The standard InChI is InChI=1S/C24H23N3O4S/c1-4-31-23-13-10-18(16-25)14-22(23)26-24(28)19-6-5-7-21(15-19)32(29,30)27(3)20-11-8-17(2)9-12-20/h5-15H,4H2,1-3H3,(H,26,28). The second-order valence-corrected chi connectivity index (χ2v) is 9.02. The van der Waals surface area contributed by atoms with Gasteiger partial charge in [0, 0.05) is 12.6 Å². The summed E-state index contributed by atoms with van der Waals surface area (Å²) in [5.41, 5.74) is 2.39. The number of anilines is 2. The van der Waals surface area contributed by atoms with E-state index in [1.54, 1.807) is 24.3 Å². The Kier molecular flexibility index (Phi) is 6.81. The Morgan fingerprint density at radius 1 is 1.09 bits per heavy atom. The van der Waals surface area contributed by atoms with Gasteiger partial charge in [-0.2, -0.15) is 5.26 Å². The number of sulfonamides is 1. The fraction of sp³-hybridized carbons (Fsp3) is 0.167. The summed E-state index contributed by atoms with van der Waals surface area (Å²) in [5.74, 6) is -0.0983. The number of aryl methyl sites for hydroxylation is 1. The van der Waals surface area contributed by atoms with Crippen molar-refractivity contribution in [2.24, 2.45) is 0 Å². The van der Waals surface area contributed by atoms with E-state index in [2.05, 4.69) is 5.32 Å². The van der Waals surface area contributed by atoms with Crippen LogP contribution in [0.25, 0.3) is 0 Å². The molecule has 0 heterocycles. The van der Waals surface area contributed by atoms with Crippen molar-refractivity contribution in [1.29, 1.82) is 5.26 Å². The van der Waals surface area contributed by atoms with Gasteiger partial charge in [-0.3, -0.25) is 9.10 Å². The molecule has 0 atom stereocenters. The molecule has 0 saturated heterocycles. The molecule has 3 aromatic carbocycles. The molecule has 0 radical (unpaired) electrons. The van der Waals surface area contributed by atoms with Gasteiger partial charge < -0.3 is 10.1 Å². The zero-order valence-electron chi connectivity index (χ0n) is 18.0. The second kappa shape index (κ2) is 9.54. The summed E-state index contributed by atoms with van der Waals surface area (Å²) in [6.45, 7) is 4.11. The maximum absolute atomic E-state index is 13.1. The first-order valence-corrected chi connectivity index (χ1v) is 11.3. The van der Waals surface area contributed by atoms with Crippen LogP contribution in [0.1, 0.15) is 28.4 Å². The molecule has 0 aliphatic heterocycles. The predicted molar refractivity (Wildman–Crippen MR) is 123 cm³/mol. The molecular weight excluding hydrogens is 426 g/mol. The normalized spacial score (nSPS) is 10.8. The minimum atomic E-state index is -3.88. The molecule has 0 bridgehead atoms. The lowest BCUT2D eigenvalue weighted by Crippen LogP contribution is -2.26. The van der Waals surface area contributed by atoms with Gasteiger partial charge in [-0.05, 0) is 62.4 Å². The number of hydrogen-bond donors (Lipinski definition) is 1. The molecule has 3 rings (SSSR count). The van der Waals surface area contributed by atoms with Gasteiger partial charge >= 0.3 is 0 Å². The van der Waals surface area contributed by atoms with Gasteiger partial charge in [0.1, 0.15) is 5.75 Å². The van der Waals surface area contributed by atoms with Crippen LogP contribution in [0, 0.1) is 18.3 Å². The zero-order valence-corrected chi connectivity index (χ0v) is 18.8. The highest BCUT2D eigenvalue weighted by Crippen LogP contribution is 2.27. The largest absolute Gasteiger partial charge is 0.492 e. The van der Waals surface area contributed by atoms with E-state index in [0.29, 0.717) is 29.3 Å². The van der Waals surface area contributed by atoms with E-state index < -0.39 is 15.9 Å². The number of hydrogen-bond acceptors (Lipinski definition) is 5. The summed E-state index contributed by atoms with van der Waals surface area (Å²) in [7, 11) is -2.41. The topological polar surface area (TPSA) is 99.5 Å². The van der Waals surface area contributed by atoms with Crippen molar-refractivity contribution in [3.63, 3.8) is 0 Å². The van der Waals surface area contributed by atoms with Crippen LogP contribution in [0.2, 0.25) is 0 Å². The average molecular weight is 450 g/mol. The summed E-state index contributed by atoms with van der Waals surface area (Å²) in [4.78, 5) is 12.9. The molecule has 32 heavy (non-hydrogen) atoms. The molecule has 0 unspecified atom stereocenters. The highest BCUT2D eigenvalue weighted by molar-refractivity contribution is 7.92. The van der Waals surface area contributed by atoms with Crippen LogP contribution < -0.4 is 14.4 Å². The Labute approximate surface area is 187 Å². The molecule has 3 aromatic rings. The number of carbonyl (C=O) groups is 1. The van der Waals surface area contributed by atoms with Gasteiger partial charge in [-0.1, -0.05) is 23.8 Å². The smallest absolute Gasteiger partial charge is 0.264 e. The third-order valence-electron chi connectivity index (χ3n) is 4.81. The van der Waals surface area contributed by atoms with Crippen molar-refractivity contribution in [3.8, 4) is 11.8 Å². The molecule has 8 heteroatoms. The molecule has 0 aliphatic rings. The molecule has 0 aromatic heterocycles. The summed E-state index contributed by atoms with van der Waals surface area (Å²) < 4.78 is 32.9. The van der Waals surface area contributed by atoms with Crippen LogP contribution in [0.5, 0.6) is 5.75 Å². The first kappa shape index (κ1) is 22.8. The van der Waals surface area contributed by atoms with E-state index >= 15 is 0 Å². The Morgan fingerprint density at radius 3 is 2.47 bits per heavy atom. The minimum absolute atomic E-state index is 0.0102. The number of carbonyl (C=O) groups excluding carboxylic acids is 1. The number of ether oxygens (including phenoxy) is 1. The highest BCUT2D eigenvalue weighted by atomic mass is 32.2. The van der Waals surface area contributed by atoms with Crippen molar-refractivity contribution in [2.75, 3.05) is 23.3 Å². The van der Waals surface area contributed by atoms with E-state index in [-0.39, 0.29) is 10.5 Å². The molecule has 0 fully saturated rings. The van der Waals surface area contributed by atoms with Gasteiger partial charge in [0.2, 0.25) is 0 Å². The van der Waals surface area contributed by atoms with E-state index in [4.69, 9.17) is 10.00 Å². The second-order valence-electron chi connectivity index (χ2n) is 7.05. The van der Waals surface area contributed by atoms with Crippen molar-refractivity contribution in [3.05, 3.63) is 83.4 Å². The van der Waals surface area contributed by atoms with Gasteiger partial charge in [0.05, 0.1) is 34.5 Å². The van der Waals surface area contributed by atoms with Crippen LogP contribution in [-0.4, -0.2) is 28.0 Å². The van der Waals surface area contributed by atoms with Crippen LogP contribution in [0.3, 0.4) is 0 Å². The zero-order chi connectivity index (χ0) is 23.3. The minimum Gasteiger partial charge on any atom is -0.492 e. The lowest BCUT2D eigenvalue weighted by Gasteiger charge is -2.20. The average Bonchev–Trinajstić information content (AvgIpc) is 2.80. The lowest BCUT2D eigenvalue weighted by atomic mass is 10.1. The highest BCUT2D eigenvalue weighted by Gasteiger charge is 2.22. The SMILES string of the molecule is CCOc1ccc(C#N)cc1NC(=O)c1cccc(S(=O)(=O)N(C)c2ccc(C)cc2)c1. The summed E-state index contributed by atoms with van der Waals surface area (Å²) in [5, 5.41) is 11.9. The number of amides is 1. The van der Waals surface area contributed by atoms with Crippen LogP contribution in [-0.2, 0) is 10.0 Å². The number of rotatable bonds is 7. The first-order chi connectivity index (χ1) is 15.3. The number of nitrogens with one attached hydrogen (secondary N) is 1. The van der Waals surface area contributed by atoms with Crippen molar-refractivity contribution in [2.45, 2.75) is 18.7 Å². The Hall–Kier alpha value is -3.83. The molecule has 0 saturated carbocycles. The molecule has 7 nitrogen and oxygen atoms in total. The van der Waals surface area contributed by atoms with Gasteiger partial charge in [-0.15, -0.1) is 0 Å². The van der Waals surface area contributed by atoms with Crippen molar-refractivity contribution in [1.82, 2.24) is 0 Å². The van der Waals surface area contributed by atoms with Crippen molar-refractivity contribution >= 4 is 27.3 Å². The third-order valence-corrected chi connectivity index (χ3v) is 6.59. The molecular formula is C24H23N3O4S. The Bertz CT molecular complexity index is 1280. The number of benzene rings is 3. The number of nitrogens with zero attached hydrogens (tertiary/aromatic N) is 2. The van der Waals surface area contributed by atoms with E-state index in [0.717, 1.165) is 5.56 Å². The monoisotopic (exact) mass is 449 g/mol. The molecule has 164 valence electrons. The number of nitriles is 1. The fourth-order valence-corrected chi connectivity index (χ4v) is 4.26. The van der Waals surface area contributed by atoms with Gasteiger partial charge in [0.25, 0.3) is 15.9 Å². The fourth-order valence-electron chi connectivity index (χ4n) is 3.02. The molecule has 0 spiro atoms. The van der Waals surface area contributed by atoms with E-state index in [1.807, 2.05) is 32.0 Å². The summed E-state index contributed by atoms with van der Waals surface area (Å²) in [6, 6.07) is 19.6. The van der Waals surface area contributed by atoms with E-state index in [1.165, 1.54) is 41.7 Å². The maximum atomic E-state index is 13.1. The third kappa shape index (κ3) is 4.90. The Balaban J connectivity index is 1.90. The molecule has 1 N–H and O–H groups in total. The first-order valence-electron chi connectivity index (χ1n) is 9.90. The lowest BCUT2D eigenvalue weighted by molar-refractivity contribution is 0.102. The Morgan fingerprint density at radius 2 is 1.81 bits per heavy atom. The van der Waals surface area contributed by atoms with Crippen LogP contribution in [0.4, 0.5) is 11.4 Å². The van der Waals surface area contributed by atoms with Gasteiger partial charge in [-0.25, -0.2) is 8.42 Å². The predicted octanol–water partition coefficient (Wildman–Crippen LogP) is 4.34. The summed E-state index contributed by atoms with van der Waals surface area (Å²) >= 11 is 0. The quantitative estimate of drug-likeness (QED) is 0.578. The maximum Gasteiger partial charge on any atom is 0.264 e. The van der Waals surface area contributed by atoms with Crippen LogP contribution in [0.15, 0.2) is 71.6 Å². The van der Waals surface area contributed by atoms with Crippen molar-refractivity contribution < 1.29 is 17.9 Å². The van der Waals surface area contributed by atoms with E-state index in [9.17, 15) is 13.2 Å². The molecule has 1 amide bonds. The van der Waals surface area contributed by atoms with Gasteiger partial charge in [0.15, 0.2) is 0 Å².